The zero-order chi connectivity index (χ0) is 28.8. The molecule has 4 aromatic rings. The fourth-order valence-corrected chi connectivity index (χ4v) is 4.97. The van der Waals surface area contributed by atoms with Crippen molar-refractivity contribution in [3.8, 4) is 11.5 Å². The lowest BCUT2D eigenvalue weighted by Crippen LogP contribution is -2.39. The second-order valence-corrected chi connectivity index (χ2v) is 10.9. The number of amides is 1. The standard InChI is InChI=1S/C28H31F3N6O3/c1-16(2)36-9-6-19(7-10-36)37-14-18-11-22(20(27(3,4)39)13-21(18)35-37)33-25(38)23-15-40-26(34-23)17-5-8-32-24(12-17)28(29,30)31/h5,8,11-16,19,39H,6-7,9-10H2,1-4H3,(H,33,38). The molecule has 212 valence electrons. The Kier molecular flexibility index (Phi) is 7.17. The molecule has 12 heteroatoms. The molecule has 40 heavy (non-hydrogen) atoms. The highest BCUT2D eigenvalue weighted by molar-refractivity contribution is 6.04. The molecule has 1 aliphatic rings. The molecule has 4 heterocycles. The lowest BCUT2D eigenvalue weighted by atomic mass is 9.95. The van der Waals surface area contributed by atoms with E-state index in [4.69, 9.17) is 9.52 Å². The summed E-state index contributed by atoms with van der Waals surface area (Å²) in [6, 6.07) is 6.39. The van der Waals surface area contributed by atoms with E-state index in [-0.39, 0.29) is 23.2 Å². The van der Waals surface area contributed by atoms with E-state index in [1.54, 1.807) is 26.0 Å². The molecular formula is C28H31F3N6O3. The van der Waals surface area contributed by atoms with Crippen molar-refractivity contribution in [3.05, 3.63) is 59.9 Å². The molecule has 1 saturated heterocycles. The van der Waals surface area contributed by atoms with Gasteiger partial charge >= 0.3 is 6.18 Å². The summed E-state index contributed by atoms with van der Waals surface area (Å²) < 4.78 is 46.4. The number of hydrogen-bond acceptors (Lipinski definition) is 7. The molecule has 2 N–H and O–H groups in total. The molecule has 1 aromatic carbocycles. The number of hydrogen-bond donors (Lipinski definition) is 2. The number of halogens is 3. The van der Waals surface area contributed by atoms with Crippen LogP contribution in [0, 0.1) is 0 Å². The summed E-state index contributed by atoms with van der Waals surface area (Å²) in [6.07, 6.45) is 1.34. The molecule has 0 bridgehead atoms. The lowest BCUT2D eigenvalue weighted by molar-refractivity contribution is -0.141. The van der Waals surface area contributed by atoms with Crippen LogP contribution in [0.1, 0.15) is 68.3 Å². The number of oxazole rings is 1. The summed E-state index contributed by atoms with van der Waals surface area (Å²) >= 11 is 0. The lowest BCUT2D eigenvalue weighted by Gasteiger charge is -2.34. The van der Waals surface area contributed by atoms with E-state index >= 15 is 0 Å². The van der Waals surface area contributed by atoms with Gasteiger partial charge in [0.2, 0.25) is 5.89 Å². The van der Waals surface area contributed by atoms with Crippen LogP contribution in [0.4, 0.5) is 18.9 Å². The number of likely N-dealkylation sites (tertiary alicyclic amines) is 1. The van der Waals surface area contributed by atoms with Crippen LogP contribution < -0.4 is 5.32 Å². The van der Waals surface area contributed by atoms with Crippen LogP contribution in [0.25, 0.3) is 22.4 Å². The molecule has 0 atom stereocenters. The van der Waals surface area contributed by atoms with Gasteiger partial charge in [-0.25, -0.2) is 4.98 Å². The predicted molar refractivity (Wildman–Crippen MR) is 143 cm³/mol. The van der Waals surface area contributed by atoms with Crippen LogP contribution in [0.5, 0.6) is 0 Å². The van der Waals surface area contributed by atoms with Crippen molar-refractivity contribution >= 4 is 22.5 Å². The summed E-state index contributed by atoms with van der Waals surface area (Å²) in [4.78, 5) is 23.0. The molecule has 1 fully saturated rings. The largest absolute Gasteiger partial charge is 0.444 e. The number of fused-ring (bicyclic) bond motifs is 1. The van der Waals surface area contributed by atoms with E-state index in [2.05, 4.69) is 34.0 Å². The monoisotopic (exact) mass is 556 g/mol. The number of alkyl halides is 3. The smallest absolute Gasteiger partial charge is 0.433 e. The number of rotatable bonds is 6. The molecule has 5 rings (SSSR count). The number of carbonyl (C=O) groups excluding carboxylic acids is 1. The van der Waals surface area contributed by atoms with Crippen LogP contribution >= 0.6 is 0 Å². The van der Waals surface area contributed by atoms with E-state index in [0.717, 1.165) is 49.8 Å². The van der Waals surface area contributed by atoms with Gasteiger partial charge in [0.05, 0.1) is 17.2 Å². The molecule has 0 spiro atoms. The predicted octanol–water partition coefficient (Wildman–Crippen LogP) is 5.63. The highest BCUT2D eigenvalue weighted by atomic mass is 19.4. The SMILES string of the molecule is CC(C)N1CCC(n2cc3cc(NC(=O)c4coc(-c5ccnc(C(F)(F)F)c5)n4)c(C(C)(C)O)cc3n2)CC1. The van der Waals surface area contributed by atoms with Crippen molar-refractivity contribution in [2.75, 3.05) is 18.4 Å². The quantitative estimate of drug-likeness (QED) is 0.317. The maximum atomic E-state index is 13.1. The van der Waals surface area contributed by atoms with E-state index < -0.39 is 23.4 Å². The first-order valence-electron chi connectivity index (χ1n) is 13.1. The van der Waals surface area contributed by atoms with Gasteiger partial charge < -0.3 is 19.7 Å². The van der Waals surface area contributed by atoms with E-state index in [1.807, 2.05) is 10.9 Å². The molecule has 3 aromatic heterocycles. The minimum Gasteiger partial charge on any atom is -0.444 e. The second-order valence-electron chi connectivity index (χ2n) is 10.9. The highest BCUT2D eigenvalue weighted by Gasteiger charge is 2.33. The van der Waals surface area contributed by atoms with Gasteiger partial charge in [-0.1, -0.05) is 0 Å². The third-order valence-electron chi connectivity index (χ3n) is 7.21. The van der Waals surface area contributed by atoms with Crippen molar-refractivity contribution in [2.24, 2.45) is 0 Å². The average Bonchev–Trinajstić information content (AvgIpc) is 3.55. The summed E-state index contributed by atoms with van der Waals surface area (Å²) in [5.41, 5.74) is -0.968. The Labute approximate surface area is 229 Å². The number of nitrogens with zero attached hydrogens (tertiary/aromatic N) is 5. The number of aliphatic hydroxyl groups is 1. The van der Waals surface area contributed by atoms with Crippen molar-refractivity contribution in [3.63, 3.8) is 0 Å². The van der Waals surface area contributed by atoms with Crippen molar-refractivity contribution in [1.29, 1.82) is 0 Å². The van der Waals surface area contributed by atoms with Gasteiger partial charge in [-0.2, -0.15) is 18.3 Å². The van der Waals surface area contributed by atoms with Crippen molar-refractivity contribution in [1.82, 2.24) is 24.6 Å². The third kappa shape index (κ3) is 5.73. The number of anilines is 1. The first kappa shape index (κ1) is 27.8. The number of pyridine rings is 1. The summed E-state index contributed by atoms with van der Waals surface area (Å²) in [6.45, 7) is 9.59. The summed E-state index contributed by atoms with van der Waals surface area (Å²) in [7, 11) is 0. The van der Waals surface area contributed by atoms with Crippen LogP contribution in [-0.2, 0) is 11.8 Å². The van der Waals surface area contributed by atoms with Crippen molar-refractivity contribution < 1.29 is 27.5 Å². The van der Waals surface area contributed by atoms with Gasteiger partial charge in [-0.15, -0.1) is 0 Å². The van der Waals surface area contributed by atoms with Crippen LogP contribution in [0.2, 0.25) is 0 Å². The fourth-order valence-electron chi connectivity index (χ4n) is 4.97. The Bertz CT molecular complexity index is 1530. The summed E-state index contributed by atoms with van der Waals surface area (Å²) in [5, 5.41) is 19.2. The Morgan fingerprint density at radius 2 is 1.90 bits per heavy atom. The van der Waals surface area contributed by atoms with Gasteiger partial charge in [0.25, 0.3) is 5.91 Å². The molecule has 0 radical (unpaired) electrons. The molecule has 1 amide bonds. The first-order chi connectivity index (χ1) is 18.8. The highest BCUT2D eigenvalue weighted by Crippen LogP contribution is 2.34. The summed E-state index contributed by atoms with van der Waals surface area (Å²) in [5.74, 6) is -0.792. The maximum absolute atomic E-state index is 13.1. The number of aromatic nitrogens is 4. The van der Waals surface area contributed by atoms with Gasteiger partial charge in [0.1, 0.15) is 12.0 Å². The van der Waals surface area contributed by atoms with Crippen molar-refractivity contribution in [2.45, 2.75) is 64.4 Å². The minimum atomic E-state index is -4.63. The molecule has 0 saturated carbocycles. The third-order valence-corrected chi connectivity index (χ3v) is 7.21. The second kappa shape index (κ2) is 10.3. The van der Waals surface area contributed by atoms with Crippen LogP contribution in [0.3, 0.4) is 0 Å². The van der Waals surface area contributed by atoms with E-state index in [1.165, 1.54) is 6.07 Å². The van der Waals surface area contributed by atoms with Gasteiger partial charge in [-0.3, -0.25) is 14.5 Å². The zero-order valence-electron chi connectivity index (χ0n) is 22.7. The Balaban J connectivity index is 1.40. The number of benzene rings is 1. The Morgan fingerprint density at radius 1 is 1.18 bits per heavy atom. The van der Waals surface area contributed by atoms with Crippen LogP contribution in [0.15, 0.2) is 47.3 Å². The molecular weight excluding hydrogens is 525 g/mol. The normalized spacial score (nSPS) is 15.7. The molecule has 0 unspecified atom stereocenters. The van der Waals surface area contributed by atoms with Gasteiger partial charge in [0.15, 0.2) is 5.69 Å². The number of nitrogens with one attached hydrogen (secondary N) is 1. The molecule has 1 aliphatic heterocycles. The Hall–Kier alpha value is -3.77. The fraction of sp³-hybridized carbons (Fsp3) is 0.429. The Morgan fingerprint density at radius 3 is 2.55 bits per heavy atom. The maximum Gasteiger partial charge on any atom is 0.433 e. The van der Waals surface area contributed by atoms with E-state index in [9.17, 15) is 23.1 Å². The first-order valence-corrected chi connectivity index (χ1v) is 13.1. The number of carbonyl (C=O) groups is 1. The topological polar surface area (TPSA) is 109 Å². The molecule has 9 nitrogen and oxygen atoms in total. The van der Waals surface area contributed by atoms with Gasteiger partial charge in [0, 0.05) is 53.7 Å². The number of piperidine rings is 1. The minimum absolute atomic E-state index is 0.0339. The average molecular weight is 557 g/mol. The van der Waals surface area contributed by atoms with Gasteiger partial charge in [-0.05, 0) is 64.8 Å². The van der Waals surface area contributed by atoms with E-state index in [0.29, 0.717) is 22.8 Å². The molecule has 0 aliphatic carbocycles. The zero-order valence-corrected chi connectivity index (χ0v) is 22.7. The van der Waals surface area contributed by atoms with Crippen LogP contribution in [-0.4, -0.2) is 54.8 Å².